The van der Waals surface area contributed by atoms with Crippen LogP contribution in [0.4, 0.5) is 0 Å². The highest BCUT2D eigenvalue weighted by atomic mass is 16.1. The summed E-state index contributed by atoms with van der Waals surface area (Å²) in [5.41, 5.74) is 0. The van der Waals surface area contributed by atoms with Gasteiger partial charge in [0.2, 0.25) is 5.91 Å². The van der Waals surface area contributed by atoms with Crippen molar-refractivity contribution < 1.29 is 9.37 Å². The van der Waals surface area contributed by atoms with Gasteiger partial charge in [0.15, 0.2) is 0 Å². The lowest BCUT2D eigenvalue weighted by atomic mass is 10.1. The average Bonchev–Trinajstić information content (AvgIpc) is 2.41. The Morgan fingerprint density at radius 1 is 1.10 bits per heavy atom. The molecular formula is C17H33N2O+. The third kappa shape index (κ3) is 14.9. The molecule has 0 aromatic rings. The van der Waals surface area contributed by atoms with Gasteiger partial charge in [0, 0.05) is 19.4 Å². The van der Waals surface area contributed by atoms with Crippen LogP contribution in [0.1, 0.15) is 64.7 Å². The van der Waals surface area contributed by atoms with Crippen molar-refractivity contribution in [3.8, 4) is 0 Å². The first-order valence-corrected chi connectivity index (χ1v) is 8.10. The zero-order valence-corrected chi connectivity index (χ0v) is 13.5. The first kappa shape index (κ1) is 18.9. The van der Waals surface area contributed by atoms with Crippen LogP contribution in [0.5, 0.6) is 0 Å². The van der Waals surface area contributed by atoms with E-state index >= 15 is 0 Å². The van der Waals surface area contributed by atoms with Crippen LogP contribution in [-0.2, 0) is 4.79 Å². The zero-order chi connectivity index (χ0) is 15.1. The van der Waals surface area contributed by atoms with Crippen LogP contribution in [0.15, 0.2) is 12.2 Å². The van der Waals surface area contributed by atoms with Gasteiger partial charge in [-0.25, -0.2) is 4.58 Å². The number of rotatable bonds is 13. The highest BCUT2D eigenvalue weighted by molar-refractivity contribution is 5.75. The van der Waals surface area contributed by atoms with E-state index in [2.05, 4.69) is 31.1 Å². The molecule has 0 radical (unpaired) electrons. The summed E-state index contributed by atoms with van der Waals surface area (Å²) in [4.78, 5) is 11.5. The molecule has 0 rings (SSSR count). The number of nitrogens with zero attached hydrogens (tertiary/aromatic N) is 1. The number of carbonyl (C=O) groups is 1. The van der Waals surface area contributed by atoms with Gasteiger partial charge in [-0.2, -0.15) is 0 Å². The van der Waals surface area contributed by atoms with Crippen LogP contribution in [0.25, 0.3) is 0 Å². The third-order valence-corrected chi connectivity index (χ3v) is 3.22. The van der Waals surface area contributed by atoms with E-state index in [1.54, 1.807) is 0 Å². The number of amides is 1. The summed E-state index contributed by atoms with van der Waals surface area (Å²) in [5, 5.41) is 2.96. The van der Waals surface area contributed by atoms with Gasteiger partial charge < -0.3 is 5.32 Å². The predicted molar refractivity (Wildman–Crippen MR) is 87.5 cm³/mol. The highest BCUT2D eigenvalue weighted by Crippen LogP contribution is 2.07. The van der Waals surface area contributed by atoms with Crippen molar-refractivity contribution in [2.75, 3.05) is 20.1 Å². The molecule has 0 atom stereocenters. The van der Waals surface area contributed by atoms with E-state index in [0.29, 0.717) is 6.42 Å². The topological polar surface area (TPSA) is 32.1 Å². The number of hydrogen-bond acceptors (Lipinski definition) is 1. The van der Waals surface area contributed by atoms with E-state index in [9.17, 15) is 4.79 Å². The summed E-state index contributed by atoms with van der Waals surface area (Å²) in [6.45, 7) is 7.63. The monoisotopic (exact) mass is 281 g/mol. The fourth-order valence-electron chi connectivity index (χ4n) is 2.03. The zero-order valence-electron chi connectivity index (χ0n) is 13.5. The van der Waals surface area contributed by atoms with Crippen LogP contribution < -0.4 is 5.32 Å². The standard InChI is InChI=1S/C17H32N2O/c1-4-5-6-7-8-9-10-11-12-14-17(20)18-15-13-16-19(2)3/h5-6H,2,4,7-16H2,1,3H3/p+1/b6-5+. The van der Waals surface area contributed by atoms with Crippen LogP contribution in [0, 0.1) is 0 Å². The van der Waals surface area contributed by atoms with Gasteiger partial charge in [0.1, 0.15) is 20.3 Å². The lowest BCUT2D eigenvalue weighted by molar-refractivity contribution is -0.488. The molecule has 0 saturated carbocycles. The number of allylic oxidation sites excluding steroid dienone is 2. The Morgan fingerprint density at radius 3 is 2.50 bits per heavy atom. The molecule has 0 aliphatic rings. The molecule has 3 heteroatoms. The van der Waals surface area contributed by atoms with Crippen molar-refractivity contribution in [1.29, 1.82) is 0 Å². The number of hydrogen-bond donors (Lipinski definition) is 1. The molecule has 116 valence electrons. The van der Waals surface area contributed by atoms with E-state index in [0.717, 1.165) is 32.4 Å². The van der Waals surface area contributed by atoms with Crippen LogP contribution >= 0.6 is 0 Å². The summed E-state index contributed by atoms with van der Waals surface area (Å²) in [7, 11) is 1.94. The molecule has 0 unspecified atom stereocenters. The van der Waals surface area contributed by atoms with Crippen molar-refractivity contribution in [1.82, 2.24) is 5.32 Å². The Hall–Kier alpha value is -1.12. The van der Waals surface area contributed by atoms with E-state index in [1.165, 1.54) is 32.1 Å². The van der Waals surface area contributed by atoms with E-state index in [1.807, 2.05) is 11.6 Å². The maximum Gasteiger partial charge on any atom is 0.219 e. The van der Waals surface area contributed by atoms with Crippen molar-refractivity contribution in [3.05, 3.63) is 12.2 Å². The fourth-order valence-corrected chi connectivity index (χ4v) is 2.03. The molecule has 0 aromatic carbocycles. The minimum absolute atomic E-state index is 0.197. The van der Waals surface area contributed by atoms with Gasteiger partial charge in [0.25, 0.3) is 0 Å². The largest absolute Gasteiger partial charge is 0.356 e. The van der Waals surface area contributed by atoms with E-state index in [4.69, 9.17) is 0 Å². The predicted octanol–water partition coefficient (Wildman–Crippen LogP) is 3.53. The Morgan fingerprint density at radius 2 is 1.80 bits per heavy atom. The highest BCUT2D eigenvalue weighted by Gasteiger charge is 2.01. The lowest BCUT2D eigenvalue weighted by Gasteiger charge is -2.04. The van der Waals surface area contributed by atoms with Crippen LogP contribution in [0.2, 0.25) is 0 Å². The third-order valence-electron chi connectivity index (χ3n) is 3.22. The molecule has 0 spiro atoms. The van der Waals surface area contributed by atoms with E-state index in [-0.39, 0.29) is 5.91 Å². The minimum Gasteiger partial charge on any atom is -0.356 e. The molecule has 1 amide bonds. The molecule has 20 heavy (non-hydrogen) atoms. The Balaban J connectivity index is 3.23. The van der Waals surface area contributed by atoms with Gasteiger partial charge in [-0.05, 0) is 25.7 Å². The lowest BCUT2D eigenvalue weighted by Crippen LogP contribution is -2.25. The summed E-state index contributed by atoms with van der Waals surface area (Å²) < 4.78 is 1.89. The van der Waals surface area contributed by atoms with Gasteiger partial charge in [0.05, 0.1) is 0 Å². The Bertz CT molecular complexity index is 285. The smallest absolute Gasteiger partial charge is 0.219 e. The van der Waals surface area contributed by atoms with Crippen LogP contribution in [0.3, 0.4) is 0 Å². The Kier molecular flexibility index (Phi) is 13.5. The molecule has 0 bridgehead atoms. The molecule has 0 heterocycles. The average molecular weight is 281 g/mol. The quantitative estimate of drug-likeness (QED) is 0.238. The number of nitrogens with one attached hydrogen (secondary N) is 1. The molecular weight excluding hydrogens is 248 g/mol. The first-order chi connectivity index (χ1) is 9.66. The van der Waals surface area contributed by atoms with Gasteiger partial charge in [-0.15, -0.1) is 0 Å². The molecule has 0 aliphatic heterocycles. The second-order valence-corrected chi connectivity index (χ2v) is 5.47. The maximum absolute atomic E-state index is 11.5. The molecule has 0 saturated heterocycles. The molecule has 0 fully saturated rings. The van der Waals surface area contributed by atoms with E-state index < -0.39 is 0 Å². The number of unbranched alkanes of at least 4 members (excludes halogenated alkanes) is 5. The second kappa shape index (κ2) is 14.3. The summed E-state index contributed by atoms with van der Waals surface area (Å²) in [6.07, 6.45) is 14.5. The first-order valence-electron chi connectivity index (χ1n) is 8.10. The minimum atomic E-state index is 0.197. The summed E-state index contributed by atoms with van der Waals surface area (Å²) in [6, 6.07) is 0. The maximum atomic E-state index is 11.5. The van der Waals surface area contributed by atoms with Gasteiger partial charge in [-0.1, -0.05) is 38.3 Å². The van der Waals surface area contributed by atoms with Gasteiger partial charge >= 0.3 is 0 Å². The van der Waals surface area contributed by atoms with Crippen molar-refractivity contribution in [2.24, 2.45) is 0 Å². The molecule has 0 aromatic heterocycles. The van der Waals surface area contributed by atoms with Crippen molar-refractivity contribution in [2.45, 2.75) is 64.7 Å². The number of carbonyl (C=O) groups excluding carboxylic acids is 1. The summed E-state index contributed by atoms with van der Waals surface area (Å²) >= 11 is 0. The fraction of sp³-hybridized carbons (Fsp3) is 0.765. The normalized spacial score (nSPS) is 10.9. The molecule has 3 nitrogen and oxygen atoms in total. The molecule has 1 N–H and O–H groups in total. The Labute approximate surface area is 125 Å². The van der Waals surface area contributed by atoms with Crippen LogP contribution in [-0.4, -0.2) is 37.3 Å². The van der Waals surface area contributed by atoms with Gasteiger partial charge in [-0.3, -0.25) is 4.79 Å². The van der Waals surface area contributed by atoms with Crippen molar-refractivity contribution in [3.63, 3.8) is 0 Å². The molecule has 0 aliphatic carbocycles. The SMILES string of the molecule is C=[N+](C)CCCNC(=O)CCCCCCC/C=C/CC. The second-order valence-electron chi connectivity index (χ2n) is 5.47. The summed E-state index contributed by atoms with van der Waals surface area (Å²) in [5.74, 6) is 0.197. The van der Waals surface area contributed by atoms with Crippen molar-refractivity contribution >= 4 is 12.6 Å².